The molecule has 0 atom stereocenters. The van der Waals surface area contributed by atoms with Gasteiger partial charge in [-0.25, -0.2) is 29.9 Å². The Morgan fingerprint density at radius 3 is 1.05 bits per heavy atom. The third-order valence-corrected chi connectivity index (χ3v) is 18.4. The lowest BCUT2D eigenvalue weighted by molar-refractivity contribution is 0.843. The van der Waals surface area contributed by atoms with Gasteiger partial charge in [-0.05, 0) is 146 Å². The smallest absolute Gasteiger partial charge is 0.178 e. The molecule has 0 saturated carbocycles. The lowest BCUT2D eigenvalue weighted by Crippen LogP contribution is -2.34. The maximum atomic E-state index is 4.37. The molecular weight excluding hydrogens is 877 g/mol. The molecule has 6 rings (SSSR count). The van der Waals surface area contributed by atoms with E-state index in [0.717, 1.165) is 47.8 Å². The molecule has 0 unspecified atom stereocenters. The van der Waals surface area contributed by atoms with Crippen LogP contribution in [0.25, 0.3) is 0 Å². The van der Waals surface area contributed by atoms with Gasteiger partial charge in [0, 0.05) is 12.8 Å². The fraction of sp³-hybridized carbons (Fsp3) is 0.684. The van der Waals surface area contributed by atoms with E-state index in [9.17, 15) is 0 Å². The molecule has 0 amide bonds. The standard InChI is InChI=1S/3C7H15N3Si.2C6H13N3Si.C5H11N3Si/c1-6-8-7(2)10(9-6)11(3,4)5;1-5-7-8-6-10(9-7)11(2,3)4;1-5-7-8-6-9-10(7)11(2,3)4;2*1-6-7-5-8-9(6)10(2,3)4;1-9(2,3)8-5-6-4-7-8/h1-5H3;2*6H,5H2,1-4H3;2*5H,1-4H3;4-5H,1-3H3. The molecule has 0 saturated heterocycles. The van der Waals surface area contributed by atoms with Crippen molar-refractivity contribution in [2.24, 2.45) is 0 Å². The van der Waals surface area contributed by atoms with Crippen LogP contribution in [0.3, 0.4) is 0 Å². The van der Waals surface area contributed by atoms with E-state index < -0.39 is 49.4 Å². The second kappa shape index (κ2) is 23.2. The van der Waals surface area contributed by atoms with E-state index >= 15 is 0 Å². The summed E-state index contributed by atoms with van der Waals surface area (Å²) in [6.07, 6.45) is 12.0. The Morgan fingerprint density at radius 2 is 0.839 bits per heavy atom. The molecular formula is C38H82N18Si6. The normalized spacial score (nSPS) is 12.0. The van der Waals surface area contributed by atoms with Crippen LogP contribution in [0.2, 0.25) is 118 Å². The highest BCUT2D eigenvalue weighted by molar-refractivity contribution is 6.76. The van der Waals surface area contributed by atoms with E-state index in [1.807, 2.05) is 51.4 Å². The number of nitrogens with zero attached hydrogens (tertiary/aromatic N) is 18. The van der Waals surface area contributed by atoms with Crippen LogP contribution >= 0.6 is 0 Å². The van der Waals surface area contributed by atoms with Gasteiger partial charge in [-0.3, -0.25) is 26.1 Å². The van der Waals surface area contributed by atoms with Gasteiger partial charge in [0.05, 0.1) is 0 Å². The Labute approximate surface area is 379 Å². The van der Waals surface area contributed by atoms with Crippen molar-refractivity contribution in [3.63, 3.8) is 0 Å². The number of aromatic nitrogens is 18. The van der Waals surface area contributed by atoms with Crippen molar-refractivity contribution < 1.29 is 0 Å². The monoisotopic (exact) mass is 959 g/mol. The molecule has 0 radical (unpaired) electrons. The Morgan fingerprint density at radius 1 is 0.403 bits per heavy atom. The van der Waals surface area contributed by atoms with Crippen molar-refractivity contribution in [3.05, 3.63) is 72.9 Å². The average molecular weight is 960 g/mol. The maximum absolute atomic E-state index is 4.37. The Kier molecular flexibility index (Phi) is 21.0. The summed E-state index contributed by atoms with van der Waals surface area (Å²) in [5, 5.41) is 25.3. The molecule has 0 spiro atoms. The van der Waals surface area contributed by atoms with E-state index in [-0.39, 0.29) is 0 Å². The zero-order chi connectivity index (χ0) is 48.1. The molecule has 0 bridgehead atoms. The van der Waals surface area contributed by atoms with Crippen LogP contribution in [0.4, 0.5) is 0 Å². The van der Waals surface area contributed by atoms with E-state index in [1.165, 1.54) is 0 Å². The maximum Gasteiger partial charge on any atom is 0.178 e. The summed E-state index contributed by atoms with van der Waals surface area (Å²) in [6.45, 7) is 52.6. The minimum Gasteiger partial charge on any atom is -0.284 e. The second-order valence-corrected chi connectivity index (χ2v) is 49.5. The van der Waals surface area contributed by atoms with Gasteiger partial charge in [-0.2, -0.15) is 30.6 Å². The number of rotatable bonds is 8. The van der Waals surface area contributed by atoms with E-state index in [1.54, 1.807) is 31.6 Å². The van der Waals surface area contributed by atoms with Gasteiger partial charge in [-0.1, -0.05) is 13.8 Å². The highest BCUT2D eigenvalue weighted by Gasteiger charge is 2.22. The van der Waals surface area contributed by atoms with E-state index in [0.29, 0.717) is 0 Å². The highest BCUT2D eigenvalue weighted by Crippen LogP contribution is 2.09. The molecule has 18 nitrogen and oxygen atoms in total. The topological polar surface area (TPSA) is 184 Å². The molecule has 0 aliphatic heterocycles. The third-order valence-electron chi connectivity index (χ3n) is 8.44. The summed E-state index contributed by atoms with van der Waals surface area (Å²) in [5.41, 5.74) is 0. The van der Waals surface area contributed by atoms with E-state index in [2.05, 4.69) is 201 Å². The second-order valence-electron chi connectivity index (χ2n) is 20.8. The Hall–Kier alpha value is -3.86. The van der Waals surface area contributed by atoms with Gasteiger partial charge in [0.25, 0.3) is 0 Å². The largest absolute Gasteiger partial charge is 0.284 e. The van der Waals surface area contributed by atoms with E-state index in [4.69, 9.17) is 0 Å². The minimum atomic E-state index is -1.31. The molecule has 6 aromatic rings. The van der Waals surface area contributed by atoms with Gasteiger partial charge < -0.3 is 0 Å². The molecule has 0 aliphatic carbocycles. The van der Waals surface area contributed by atoms with Gasteiger partial charge in [0.1, 0.15) is 72.9 Å². The zero-order valence-electron chi connectivity index (χ0n) is 42.9. The zero-order valence-corrected chi connectivity index (χ0v) is 48.9. The lowest BCUT2D eigenvalue weighted by atomic mass is 10.5. The molecule has 0 aromatic carbocycles. The van der Waals surface area contributed by atoms with Crippen molar-refractivity contribution in [1.29, 1.82) is 0 Å². The fourth-order valence-corrected chi connectivity index (χ4v) is 12.8. The van der Waals surface area contributed by atoms with Crippen LogP contribution < -0.4 is 0 Å². The van der Waals surface area contributed by atoms with Crippen LogP contribution in [-0.4, -0.2) is 136 Å². The van der Waals surface area contributed by atoms with Crippen molar-refractivity contribution >= 4 is 49.4 Å². The summed E-state index contributed by atoms with van der Waals surface area (Å²) in [6, 6.07) is 0. The highest BCUT2D eigenvalue weighted by atomic mass is 28.3. The quantitative estimate of drug-likeness (QED) is 0.134. The predicted octanol–water partition coefficient (Wildman–Crippen LogP) is 8.13. The fourth-order valence-electron chi connectivity index (χ4n) is 5.48. The minimum absolute atomic E-state index is 0.880. The van der Waals surface area contributed by atoms with Gasteiger partial charge in [-0.15, -0.1) is 0 Å². The molecule has 348 valence electrons. The first-order chi connectivity index (χ1) is 28.1. The summed E-state index contributed by atoms with van der Waals surface area (Å²) < 4.78 is 12.3. The van der Waals surface area contributed by atoms with Crippen molar-refractivity contribution in [2.75, 3.05) is 0 Å². The van der Waals surface area contributed by atoms with Gasteiger partial charge in [0.2, 0.25) is 0 Å². The number of hydrogen-bond donors (Lipinski definition) is 0. The molecule has 0 N–H and O–H groups in total. The SMILES string of the molecule is CCc1ncn([Si](C)(C)C)n1.CCc1ncnn1[Si](C)(C)C.C[Si](C)(C)n1cncn1.Cc1nc(C)n([Si](C)(C)C)n1.Cc1ncnn1[Si](C)(C)C.Cc1ncnn1[Si](C)(C)C. The Bertz CT molecular complexity index is 2090. The molecule has 0 aliphatic rings. The lowest BCUT2D eigenvalue weighted by Gasteiger charge is -2.17. The van der Waals surface area contributed by atoms with Crippen LogP contribution in [0.15, 0.2) is 38.0 Å². The van der Waals surface area contributed by atoms with Crippen LogP contribution in [0.5, 0.6) is 0 Å². The van der Waals surface area contributed by atoms with Crippen LogP contribution in [0, 0.1) is 27.7 Å². The molecule has 6 heterocycles. The Balaban J connectivity index is 0.000000372. The van der Waals surface area contributed by atoms with Crippen molar-refractivity contribution in [1.82, 2.24) is 86.6 Å². The number of hydrogen-bond acceptors (Lipinski definition) is 12. The summed E-state index contributed by atoms with van der Waals surface area (Å²) in [5.74, 6) is 6.04. The summed E-state index contributed by atoms with van der Waals surface area (Å²) >= 11 is 0. The van der Waals surface area contributed by atoms with Crippen LogP contribution in [-0.2, 0) is 12.8 Å². The van der Waals surface area contributed by atoms with Gasteiger partial charge >= 0.3 is 0 Å². The first-order valence-corrected chi connectivity index (χ1v) is 42.1. The summed E-state index contributed by atoms with van der Waals surface area (Å²) in [7, 11) is -7.71. The third kappa shape index (κ3) is 19.3. The van der Waals surface area contributed by atoms with Crippen molar-refractivity contribution in [3.8, 4) is 0 Å². The van der Waals surface area contributed by atoms with Crippen molar-refractivity contribution in [2.45, 2.75) is 172 Å². The predicted molar refractivity (Wildman–Crippen MR) is 270 cm³/mol. The molecule has 0 fully saturated rings. The van der Waals surface area contributed by atoms with Crippen LogP contribution in [0.1, 0.15) is 48.8 Å². The average Bonchev–Trinajstić information content (AvgIpc) is 3.96. The number of aryl methyl sites for hydroxylation is 6. The van der Waals surface area contributed by atoms with Gasteiger partial charge in [0.15, 0.2) is 49.4 Å². The molecule has 62 heavy (non-hydrogen) atoms. The molecule has 24 heteroatoms. The molecule has 6 aromatic heterocycles. The first-order valence-electron chi connectivity index (χ1n) is 21.4. The summed E-state index contributed by atoms with van der Waals surface area (Å²) in [4.78, 5) is 24.7. The first kappa shape index (κ1) is 56.2.